The van der Waals surface area contributed by atoms with Gasteiger partial charge in [-0.25, -0.2) is 4.79 Å². The first-order valence-electron chi connectivity index (χ1n) is 9.75. The van der Waals surface area contributed by atoms with Crippen molar-refractivity contribution in [3.8, 4) is 11.5 Å². The minimum Gasteiger partial charge on any atom is -0.493 e. The van der Waals surface area contributed by atoms with E-state index in [4.69, 9.17) is 14.2 Å². The number of hydrogen-bond donors (Lipinski definition) is 0. The molecule has 160 valence electrons. The monoisotopic (exact) mass is 419 g/mol. The van der Waals surface area contributed by atoms with Crippen molar-refractivity contribution in [2.45, 2.75) is 13.8 Å². The number of ether oxygens (including phenoxy) is 3. The Bertz CT molecular complexity index is 1100. The Hall–Kier alpha value is -3.80. The number of benzene rings is 2. The molecule has 2 aromatic carbocycles. The molecule has 2 aromatic rings. The average molecular weight is 419 g/mol. The second kappa shape index (κ2) is 9.34. The number of nitrogens with zero attached hydrogens (tertiary/aromatic N) is 1. The highest BCUT2D eigenvalue weighted by molar-refractivity contribution is 6.23. The van der Waals surface area contributed by atoms with E-state index in [2.05, 4.69) is 6.58 Å². The van der Waals surface area contributed by atoms with Crippen molar-refractivity contribution in [1.29, 1.82) is 0 Å². The van der Waals surface area contributed by atoms with Crippen LogP contribution in [-0.4, -0.2) is 32.7 Å². The zero-order valence-corrected chi connectivity index (χ0v) is 18.1. The summed E-state index contributed by atoms with van der Waals surface area (Å²) in [6.45, 7) is 7.66. The summed E-state index contributed by atoms with van der Waals surface area (Å²) in [6, 6.07) is 12.8. The number of allylic oxidation sites excluding steroid dienone is 1. The van der Waals surface area contributed by atoms with E-state index in [1.54, 1.807) is 37.3 Å². The molecule has 1 aliphatic rings. The average Bonchev–Trinajstić information content (AvgIpc) is 3.01. The van der Waals surface area contributed by atoms with Gasteiger partial charge in [-0.2, -0.15) is 0 Å². The number of aryl methyl sites for hydroxylation is 1. The van der Waals surface area contributed by atoms with Crippen molar-refractivity contribution in [1.82, 2.24) is 0 Å². The van der Waals surface area contributed by atoms with Crippen molar-refractivity contribution < 1.29 is 23.8 Å². The Kier molecular flexibility index (Phi) is 6.60. The van der Waals surface area contributed by atoms with E-state index in [9.17, 15) is 9.59 Å². The van der Waals surface area contributed by atoms with Crippen molar-refractivity contribution in [3.05, 3.63) is 83.1 Å². The van der Waals surface area contributed by atoms with Crippen LogP contribution in [0.4, 0.5) is 5.69 Å². The maximum atomic E-state index is 13.4. The first-order valence-corrected chi connectivity index (χ1v) is 9.75. The minimum atomic E-state index is -0.565. The van der Waals surface area contributed by atoms with Crippen LogP contribution in [0.2, 0.25) is 0 Å². The van der Waals surface area contributed by atoms with Gasteiger partial charge in [-0.3, -0.25) is 9.69 Å². The number of amides is 1. The third-order valence-corrected chi connectivity index (χ3v) is 4.90. The predicted octanol–water partition coefficient (Wildman–Crippen LogP) is 4.45. The molecular formula is C25H25NO5. The first-order chi connectivity index (χ1) is 14.9. The Morgan fingerprint density at radius 2 is 1.87 bits per heavy atom. The van der Waals surface area contributed by atoms with Crippen molar-refractivity contribution >= 4 is 23.6 Å². The molecule has 0 spiro atoms. The molecule has 0 aliphatic carbocycles. The SMILES string of the molecule is C=CCOc1ccc(/C=C2\C(=O)N(c3cccc(C)c3)C(C)=C2C(=O)OC)cc1OC. The quantitative estimate of drug-likeness (QED) is 0.377. The van der Waals surface area contributed by atoms with Crippen LogP contribution in [0.25, 0.3) is 6.08 Å². The number of esters is 1. The van der Waals surface area contributed by atoms with Crippen LogP contribution in [-0.2, 0) is 14.3 Å². The molecule has 0 atom stereocenters. The third kappa shape index (κ3) is 4.38. The molecule has 0 radical (unpaired) electrons. The normalized spacial score (nSPS) is 14.8. The third-order valence-electron chi connectivity index (χ3n) is 4.90. The van der Waals surface area contributed by atoms with Gasteiger partial charge in [-0.15, -0.1) is 0 Å². The van der Waals surface area contributed by atoms with E-state index < -0.39 is 5.97 Å². The van der Waals surface area contributed by atoms with Gasteiger partial charge in [-0.1, -0.05) is 30.9 Å². The van der Waals surface area contributed by atoms with Crippen LogP contribution < -0.4 is 14.4 Å². The van der Waals surface area contributed by atoms with Gasteiger partial charge in [0.25, 0.3) is 5.91 Å². The highest BCUT2D eigenvalue weighted by Crippen LogP contribution is 2.36. The fourth-order valence-electron chi connectivity index (χ4n) is 3.47. The molecule has 1 heterocycles. The van der Waals surface area contributed by atoms with E-state index in [1.807, 2.05) is 31.2 Å². The maximum Gasteiger partial charge on any atom is 0.340 e. The van der Waals surface area contributed by atoms with Crippen LogP contribution in [0.15, 0.2) is 72.0 Å². The molecule has 1 amide bonds. The molecule has 0 bridgehead atoms. The van der Waals surface area contributed by atoms with Crippen molar-refractivity contribution in [3.63, 3.8) is 0 Å². The Morgan fingerprint density at radius 1 is 1.10 bits per heavy atom. The maximum absolute atomic E-state index is 13.4. The summed E-state index contributed by atoms with van der Waals surface area (Å²) in [5.41, 5.74) is 3.40. The largest absolute Gasteiger partial charge is 0.493 e. The summed E-state index contributed by atoms with van der Waals surface area (Å²) < 4.78 is 16.0. The molecule has 0 aromatic heterocycles. The lowest BCUT2D eigenvalue weighted by molar-refractivity contribution is -0.136. The fourth-order valence-corrected chi connectivity index (χ4v) is 3.47. The van der Waals surface area contributed by atoms with Gasteiger partial charge < -0.3 is 14.2 Å². The van der Waals surface area contributed by atoms with E-state index >= 15 is 0 Å². The summed E-state index contributed by atoms with van der Waals surface area (Å²) in [5.74, 6) is 0.209. The lowest BCUT2D eigenvalue weighted by atomic mass is 10.0. The van der Waals surface area contributed by atoms with Gasteiger partial charge >= 0.3 is 5.97 Å². The molecule has 0 saturated heterocycles. The zero-order valence-electron chi connectivity index (χ0n) is 18.1. The van der Waals surface area contributed by atoms with Crippen LogP contribution >= 0.6 is 0 Å². The van der Waals surface area contributed by atoms with Gasteiger partial charge in [0, 0.05) is 11.4 Å². The Morgan fingerprint density at radius 3 is 2.52 bits per heavy atom. The smallest absolute Gasteiger partial charge is 0.340 e. The number of anilines is 1. The van der Waals surface area contributed by atoms with Crippen molar-refractivity contribution in [2.75, 3.05) is 25.7 Å². The molecule has 6 nitrogen and oxygen atoms in total. The van der Waals surface area contributed by atoms with Gasteiger partial charge in [-0.05, 0) is 55.3 Å². The molecule has 0 unspecified atom stereocenters. The van der Waals surface area contributed by atoms with Gasteiger partial charge in [0.1, 0.15) is 6.61 Å². The van der Waals surface area contributed by atoms with Crippen LogP contribution in [0.3, 0.4) is 0 Å². The molecule has 1 aliphatic heterocycles. The summed E-state index contributed by atoms with van der Waals surface area (Å²) >= 11 is 0. The van der Waals surface area contributed by atoms with E-state index in [0.717, 1.165) is 5.56 Å². The lowest BCUT2D eigenvalue weighted by Gasteiger charge is -2.18. The molecule has 0 saturated carbocycles. The topological polar surface area (TPSA) is 65.1 Å². The molecule has 31 heavy (non-hydrogen) atoms. The molecule has 0 fully saturated rings. The molecular weight excluding hydrogens is 394 g/mol. The molecule has 0 N–H and O–H groups in total. The summed E-state index contributed by atoms with van der Waals surface area (Å²) in [6.07, 6.45) is 3.30. The molecule has 6 heteroatoms. The summed E-state index contributed by atoms with van der Waals surface area (Å²) in [7, 11) is 2.84. The van der Waals surface area contributed by atoms with Crippen LogP contribution in [0, 0.1) is 6.92 Å². The Balaban J connectivity index is 2.08. The summed E-state index contributed by atoms with van der Waals surface area (Å²) in [4.78, 5) is 27.5. The summed E-state index contributed by atoms with van der Waals surface area (Å²) in [5, 5.41) is 0. The van der Waals surface area contributed by atoms with Crippen LogP contribution in [0.1, 0.15) is 18.1 Å². The first kappa shape index (κ1) is 21.9. The zero-order chi connectivity index (χ0) is 22.5. The highest BCUT2D eigenvalue weighted by Gasteiger charge is 2.37. The van der Waals surface area contributed by atoms with Gasteiger partial charge in [0.15, 0.2) is 11.5 Å². The van der Waals surface area contributed by atoms with Gasteiger partial charge in [0.05, 0.1) is 25.4 Å². The standard InChI is InChI=1S/C25H25NO5/c1-6-12-31-21-11-10-18(15-22(21)29-4)14-20-23(25(28)30-5)17(3)26(24(20)27)19-9-7-8-16(2)13-19/h6-11,13-15H,1,12H2,2-5H3/b20-14-. The number of carbonyl (C=O) groups excluding carboxylic acids is 2. The highest BCUT2D eigenvalue weighted by atomic mass is 16.5. The Labute approximate surface area is 182 Å². The van der Waals surface area contributed by atoms with Crippen molar-refractivity contribution in [2.24, 2.45) is 0 Å². The number of carbonyl (C=O) groups is 2. The van der Waals surface area contributed by atoms with Crippen LogP contribution in [0.5, 0.6) is 11.5 Å². The van der Waals surface area contributed by atoms with E-state index in [-0.39, 0.29) is 17.1 Å². The van der Waals surface area contributed by atoms with E-state index in [1.165, 1.54) is 19.1 Å². The fraction of sp³-hybridized carbons (Fsp3) is 0.200. The predicted molar refractivity (Wildman–Crippen MR) is 120 cm³/mol. The number of methoxy groups -OCH3 is 2. The number of rotatable bonds is 7. The van der Waals surface area contributed by atoms with Gasteiger partial charge in [0.2, 0.25) is 0 Å². The second-order valence-electron chi connectivity index (χ2n) is 7.00. The van der Waals surface area contributed by atoms with E-state index in [0.29, 0.717) is 35.1 Å². The number of hydrogen-bond acceptors (Lipinski definition) is 5. The minimum absolute atomic E-state index is 0.236. The lowest BCUT2D eigenvalue weighted by Crippen LogP contribution is -2.24. The molecule has 3 rings (SSSR count). The second-order valence-corrected chi connectivity index (χ2v) is 7.00.